The molecule has 0 aromatic carbocycles. The summed E-state index contributed by atoms with van der Waals surface area (Å²) in [7, 11) is 0. The molecule has 0 atom stereocenters. The van der Waals surface area contributed by atoms with Crippen LogP contribution >= 0.6 is 0 Å². The molecule has 3 nitrogen and oxygen atoms in total. The predicted octanol–water partition coefficient (Wildman–Crippen LogP) is 0.440. The third-order valence-electron chi connectivity index (χ3n) is 0.943. The molecule has 0 aromatic rings. The van der Waals surface area contributed by atoms with E-state index in [-0.39, 0.29) is 0 Å². The fourth-order valence-corrected chi connectivity index (χ4v) is 0.345. The normalized spacial score (nSPS) is 13.2. The molecule has 0 fully saturated rings. The van der Waals surface area contributed by atoms with Gasteiger partial charge >= 0.3 is 0 Å². The summed E-state index contributed by atoms with van der Waals surface area (Å²) in [5.74, 6) is 2.89. The van der Waals surface area contributed by atoms with Crippen molar-refractivity contribution in [2.24, 2.45) is 0 Å². The second kappa shape index (κ2) is 3.42. The minimum atomic E-state index is -1.16. The molecule has 50 valence electrons. The minimum absolute atomic E-state index is 0.977. The molecule has 0 unspecified atom stereocenters. The summed E-state index contributed by atoms with van der Waals surface area (Å²) in [6.07, 6.45) is 1.95. The van der Waals surface area contributed by atoms with Crippen LogP contribution in [0.25, 0.3) is 4.85 Å². The van der Waals surface area contributed by atoms with Crippen molar-refractivity contribution in [1.82, 2.24) is 0 Å². The summed E-state index contributed by atoms with van der Waals surface area (Å²) in [4.78, 5) is 22.6. The van der Waals surface area contributed by atoms with Crippen molar-refractivity contribution in [3.63, 3.8) is 0 Å². The van der Waals surface area contributed by atoms with Crippen molar-refractivity contribution in [2.45, 2.75) is 12.5 Å². The SMILES string of the molecule is [C-]#[N+]C(C)(C=C=O)C=C=O. The van der Waals surface area contributed by atoms with E-state index in [0.717, 1.165) is 12.2 Å². The van der Waals surface area contributed by atoms with Gasteiger partial charge in [0.05, 0.1) is 12.2 Å². The molecule has 10 heavy (non-hydrogen) atoms. The van der Waals surface area contributed by atoms with E-state index < -0.39 is 5.54 Å². The van der Waals surface area contributed by atoms with E-state index in [1.165, 1.54) is 18.8 Å². The van der Waals surface area contributed by atoms with Gasteiger partial charge in [-0.3, -0.25) is 4.85 Å². The van der Waals surface area contributed by atoms with Crippen molar-refractivity contribution < 1.29 is 9.59 Å². The summed E-state index contributed by atoms with van der Waals surface area (Å²) in [6.45, 7) is 7.99. The molecule has 0 N–H and O–H groups in total. The fraction of sp³-hybridized carbons (Fsp3) is 0.286. The standard InChI is InChI=1S/C7H5NO2/c1-7(8-2,3-5-9)4-6-10/h3-4H,1H3. The average Bonchev–Trinajstić information content (AvgIpc) is 1.89. The first kappa shape index (κ1) is 8.39. The van der Waals surface area contributed by atoms with Crippen LogP contribution in [0.3, 0.4) is 0 Å². The van der Waals surface area contributed by atoms with Gasteiger partial charge in [-0.25, -0.2) is 16.2 Å². The van der Waals surface area contributed by atoms with Gasteiger partial charge in [-0.2, -0.15) is 0 Å². The molecule has 0 heterocycles. The van der Waals surface area contributed by atoms with Crippen molar-refractivity contribution >= 4 is 11.9 Å². The molecule has 0 bridgehead atoms. The first-order valence-corrected chi connectivity index (χ1v) is 2.51. The van der Waals surface area contributed by atoms with Crippen LogP contribution in [0.4, 0.5) is 0 Å². The highest BCUT2D eigenvalue weighted by Gasteiger charge is 2.23. The molecule has 0 rings (SSSR count). The van der Waals surface area contributed by atoms with Gasteiger partial charge in [0, 0.05) is 6.92 Å². The van der Waals surface area contributed by atoms with E-state index in [1.807, 2.05) is 0 Å². The van der Waals surface area contributed by atoms with Crippen molar-refractivity contribution in [2.75, 3.05) is 0 Å². The van der Waals surface area contributed by atoms with Crippen LogP contribution in [-0.2, 0) is 9.59 Å². The fourth-order valence-electron chi connectivity index (χ4n) is 0.345. The quantitative estimate of drug-likeness (QED) is 0.407. The lowest BCUT2D eigenvalue weighted by Gasteiger charge is -1.99. The van der Waals surface area contributed by atoms with E-state index in [4.69, 9.17) is 6.57 Å². The lowest BCUT2D eigenvalue weighted by Crippen LogP contribution is -2.11. The molecule has 0 aromatic heterocycles. The number of rotatable bonds is 2. The molecular formula is C7H5NO2. The first-order valence-electron chi connectivity index (χ1n) is 2.51. The van der Waals surface area contributed by atoms with Gasteiger partial charge in [0.2, 0.25) is 0 Å². The Morgan fingerprint density at radius 3 is 2.00 bits per heavy atom. The maximum atomic E-state index is 9.78. The summed E-state index contributed by atoms with van der Waals surface area (Å²) >= 11 is 0. The Morgan fingerprint density at radius 2 is 1.80 bits per heavy atom. The van der Waals surface area contributed by atoms with Gasteiger partial charge in [0.1, 0.15) is 11.9 Å². The number of hydrogen-bond acceptors (Lipinski definition) is 2. The van der Waals surface area contributed by atoms with Crippen LogP contribution in [0.2, 0.25) is 0 Å². The van der Waals surface area contributed by atoms with E-state index in [9.17, 15) is 9.59 Å². The number of nitrogens with zero attached hydrogens (tertiary/aromatic N) is 1. The molecule has 0 aliphatic carbocycles. The van der Waals surface area contributed by atoms with Crippen molar-refractivity contribution in [1.29, 1.82) is 0 Å². The van der Waals surface area contributed by atoms with Gasteiger partial charge in [0.15, 0.2) is 0 Å². The zero-order chi connectivity index (χ0) is 8.04. The molecule has 0 amide bonds. The van der Waals surface area contributed by atoms with Gasteiger partial charge < -0.3 is 0 Å². The monoisotopic (exact) mass is 135 g/mol. The molecular weight excluding hydrogens is 130 g/mol. The lowest BCUT2D eigenvalue weighted by atomic mass is 10.1. The highest BCUT2D eigenvalue weighted by atomic mass is 16.1. The molecule has 0 radical (unpaired) electrons. The average molecular weight is 135 g/mol. The molecule has 0 aliphatic heterocycles. The van der Waals surface area contributed by atoms with Crippen LogP contribution in [0.1, 0.15) is 6.92 Å². The highest BCUT2D eigenvalue weighted by molar-refractivity contribution is 5.58. The Balaban J connectivity index is 4.75. The van der Waals surface area contributed by atoms with E-state index in [2.05, 4.69) is 4.85 Å². The number of hydrogen-bond donors (Lipinski definition) is 0. The second-order valence-electron chi connectivity index (χ2n) is 1.86. The Bertz CT molecular complexity index is 231. The topological polar surface area (TPSA) is 38.5 Å². The predicted molar refractivity (Wildman–Crippen MR) is 35.5 cm³/mol. The Kier molecular flexibility index (Phi) is 2.87. The minimum Gasteiger partial charge on any atom is -0.300 e. The van der Waals surface area contributed by atoms with Gasteiger partial charge in [-0.15, -0.1) is 0 Å². The Morgan fingerprint density at radius 1 is 1.40 bits per heavy atom. The van der Waals surface area contributed by atoms with Crippen LogP contribution < -0.4 is 0 Å². The van der Waals surface area contributed by atoms with Crippen LogP contribution in [0, 0.1) is 6.57 Å². The summed E-state index contributed by atoms with van der Waals surface area (Å²) < 4.78 is 0. The zero-order valence-corrected chi connectivity index (χ0v) is 5.42. The third kappa shape index (κ3) is 2.11. The van der Waals surface area contributed by atoms with E-state index in [0.29, 0.717) is 0 Å². The van der Waals surface area contributed by atoms with E-state index >= 15 is 0 Å². The van der Waals surface area contributed by atoms with E-state index in [1.54, 1.807) is 0 Å². The second-order valence-corrected chi connectivity index (χ2v) is 1.86. The number of carbonyl (C=O) groups excluding carboxylic acids is 2. The summed E-state index contributed by atoms with van der Waals surface area (Å²) in [5, 5.41) is 0. The van der Waals surface area contributed by atoms with Crippen molar-refractivity contribution in [3.8, 4) is 0 Å². The van der Waals surface area contributed by atoms with Gasteiger partial charge in [-0.1, -0.05) is 0 Å². The summed E-state index contributed by atoms with van der Waals surface area (Å²) in [5.41, 5.74) is -1.16. The molecule has 0 saturated heterocycles. The molecule has 0 spiro atoms. The summed E-state index contributed by atoms with van der Waals surface area (Å²) in [6, 6.07) is 0. The Labute approximate surface area is 58.5 Å². The molecule has 3 heteroatoms. The zero-order valence-electron chi connectivity index (χ0n) is 5.42. The van der Waals surface area contributed by atoms with Crippen LogP contribution in [0.5, 0.6) is 0 Å². The Hall–Kier alpha value is -1.61. The van der Waals surface area contributed by atoms with Crippen LogP contribution in [0.15, 0.2) is 12.2 Å². The first-order chi connectivity index (χ1) is 4.68. The highest BCUT2D eigenvalue weighted by Crippen LogP contribution is 2.10. The maximum absolute atomic E-state index is 9.78. The molecule has 0 saturated carbocycles. The largest absolute Gasteiger partial charge is 0.300 e. The van der Waals surface area contributed by atoms with Gasteiger partial charge in [0.25, 0.3) is 5.54 Å². The van der Waals surface area contributed by atoms with Crippen molar-refractivity contribution in [3.05, 3.63) is 23.6 Å². The molecule has 0 aliphatic rings. The third-order valence-corrected chi connectivity index (χ3v) is 0.943. The van der Waals surface area contributed by atoms with Gasteiger partial charge in [-0.05, 0) is 0 Å². The smallest absolute Gasteiger partial charge is 0.287 e. The lowest BCUT2D eigenvalue weighted by molar-refractivity contribution is 0.565. The van der Waals surface area contributed by atoms with Crippen LogP contribution in [-0.4, -0.2) is 17.4 Å². The maximum Gasteiger partial charge on any atom is 0.287 e.